The van der Waals surface area contributed by atoms with Gasteiger partial charge in [-0.05, 0) is 38.8 Å². The van der Waals surface area contributed by atoms with Crippen molar-refractivity contribution in [2.45, 2.75) is 51.4 Å². The fourth-order valence-electron chi connectivity index (χ4n) is 2.91. The Morgan fingerprint density at radius 1 is 1.48 bits per heavy atom. The molecule has 1 unspecified atom stereocenters. The summed E-state index contributed by atoms with van der Waals surface area (Å²) in [6, 6.07) is 5.16. The Morgan fingerprint density at radius 3 is 2.86 bits per heavy atom. The molecule has 0 bridgehead atoms. The second kappa shape index (κ2) is 6.03. The fraction of sp³-hybridized carbons (Fsp3) is 0.562. The zero-order valence-corrected chi connectivity index (χ0v) is 12.8. The molecule has 5 heteroatoms. The molecule has 1 aliphatic rings. The van der Waals surface area contributed by atoms with E-state index in [1.807, 2.05) is 24.7 Å². The zero-order valence-electron chi connectivity index (χ0n) is 12.8. The van der Waals surface area contributed by atoms with Crippen LogP contribution >= 0.6 is 0 Å². The molecule has 2 N–H and O–H groups in total. The molecule has 5 nitrogen and oxygen atoms in total. The van der Waals surface area contributed by atoms with Crippen LogP contribution < -0.4 is 5.73 Å². The van der Waals surface area contributed by atoms with Gasteiger partial charge in [-0.1, -0.05) is 0 Å². The van der Waals surface area contributed by atoms with Crippen molar-refractivity contribution < 1.29 is 4.42 Å². The van der Waals surface area contributed by atoms with Crippen molar-refractivity contribution in [1.82, 2.24) is 14.5 Å². The monoisotopic (exact) mass is 288 g/mol. The Kier molecular flexibility index (Phi) is 4.12. The van der Waals surface area contributed by atoms with E-state index in [-0.39, 0.29) is 6.04 Å². The predicted molar refractivity (Wildman–Crippen MR) is 81.7 cm³/mol. The van der Waals surface area contributed by atoms with E-state index < -0.39 is 0 Å². The van der Waals surface area contributed by atoms with Crippen LogP contribution in [0.15, 0.2) is 35.3 Å². The minimum Gasteiger partial charge on any atom is -0.468 e. The summed E-state index contributed by atoms with van der Waals surface area (Å²) in [4.78, 5) is 6.80. The summed E-state index contributed by atoms with van der Waals surface area (Å²) in [5, 5.41) is 0. The van der Waals surface area contributed by atoms with E-state index in [2.05, 4.69) is 28.3 Å². The molecule has 1 atom stereocenters. The van der Waals surface area contributed by atoms with Crippen LogP contribution in [0.2, 0.25) is 0 Å². The Balaban J connectivity index is 1.86. The Hall–Kier alpha value is -1.59. The van der Waals surface area contributed by atoms with Gasteiger partial charge in [0.05, 0.1) is 30.9 Å². The molecule has 3 rings (SSSR count). The van der Waals surface area contributed by atoms with E-state index in [0.29, 0.717) is 18.6 Å². The van der Waals surface area contributed by atoms with E-state index >= 15 is 0 Å². The Labute approximate surface area is 125 Å². The molecular weight excluding hydrogens is 264 g/mol. The predicted octanol–water partition coefficient (Wildman–Crippen LogP) is 2.72. The number of imidazole rings is 1. The number of furan rings is 1. The summed E-state index contributed by atoms with van der Waals surface area (Å²) in [5.74, 6) is 0.996. The standard InChI is InChI=1S/C16H24N4O/c1-12(2)20-11-18-9-16(20)15(8-17)19(13-5-6-13)10-14-4-3-7-21-14/h3-4,7,9,11-13,15H,5-6,8,10,17H2,1-2H3. The number of hydrogen-bond donors (Lipinski definition) is 1. The van der Waals surface area contributed by atoms with Crippen molar-refractivity contribution in [3.63, 3.8) is 0 Å². The van der Waals surface area contributed by atoms with Crippen molar-refractivity contribution in [2.24, 2.45) is 5.73 Å². The van der Waals surface area contributed by atoms with E-state index in [1.54, 1.807) is 6.26 Å². The quantitative estimate of drug-likeness (QED) is 0.851. The number of rotatable bonds is 7. The van der Waals surface area contributed by atoms with Gasteiger partial charge in [-0.15, -0.1) is 0 Å². The molecule has 21 heavy (non-hydrogen) atoms. The summed E-state index contributed by atoms with van der Waals surface area (Å²) in [7, 11) is 0. The summed E-state index contributed by atoms with van der Waals surface area (Å²) in [5.41, 5.74) is 7.32. The molecule has 1 aliphatic carbocycles. The minimum atomic E-state index is 0.187. The number of nitrogens with two attached hydrogens (primary N) is 1. The van der Waals surface area contributed by atoms with Gasteiger partial charge in [0.1, 0.15) is 5.76 Å². The molecule has 0 saturated heterocycles. The maximum absolute atomic E-state index is 6.12. The lowest BCUT2D eigenvalue weighted by atomic mass is 10.1. The van der Waals surface area contributed by atoms with Gasteiger partial charge in [-0.2, -0.15) is 0 Å². The topological polar surface area (TPSA) is 60.2 Å². The largest absolute Gasteiger partial charge is 0.468 e. The number of nitrogens with zero attached hydrogens (tertiary/aromatic N) is 3. The highest BCUT2D eigenvalue weighted by molar-refractivity contribution is 5.11. The highest BCUT2D eigenvalue weighted by Gasteiger charge is 2.36. The molecule has 0 aromatic carbocycles. The lowest BCUT2D eigenvalue weighted by Crippen LogP contribution is -2.36. The van der Waals surface area contributed by atoms with Gasteiger partial charge in [0.15, 0.2) is 0 Å². The van der Waals surface area contributed by atoms with Crippen LogP contribution in [-0.4, -0.2) is 27.0 Å². The molecule has 0 spiro atoms. The molecule has 0 radical (unpaired) electrons. The Morgan fingerprint density at radius 2 is 2.29 bits per heavy atom. The van der Waals surface area contributed by atoms with Crippen LogP contribution in [0, 0.1) is 0 Å². The molecule has 2 aromatic rings. The van der Waals surface area contributed by atoms with Crippen LogP contribution in [0.3, 0.4) is 0 Å². The van der Waals surface area contributed by atoms with Crippen molar-refractivity contribution in [3.8, 4) is 0 Å². The van der Waals surface area contributed by atoms with Gasteiger partial charge in [0, 0.05) is 24.8 Å². The maximum atomic E-state index is 6.12. The van der Waals surface area contributed by atoms with Crippen LogP contribution in [0.5, 0.6) is 0 Å². The van der Waals surface area contributed by atoms with Gasteiger partial charge >= 0.3 is 0 Å². The first-order valence-corrected chi connectivity index (χ1v) is 7.70. The molecule has 2 aromatic heterocycles. The second-order valence-electron chi connectivity index (χ2n) is 6.05. The highest BCUT2D eigenvalue weighted by atomic mass is 16.3. The first-order chi connectivity index (χ1) is 10.2. The lowest BCUT2D eigenvalue weighted by Gasteiger charge is -2.31. The SMILES string of the molecule is CC(C)n1cncc1C(CN)N(Cc1ccco1)C1CC1. The molecular formula is C16H24N4O. The van der Waals surface area contributed by atoms with Crippen molar-refractivity contribution in [2.75, 3.05) is 6.54 Å². The van der Waals surface area contributed by atoms with Crippen molar-refractivity contribution in [1.29, 1.82) is 0 Å². The first kappa shape index (κ1) is 14.4. The molecule has 1 fully saturated rings. The van der Waals surface area contributed by atoms with Crippen LogP contribution in [0.25, 0.3) is 0 Å². The molecule has 2 heterocycles. The average Bonchev–Trinajstić information content (AvgIpc) is 2.98. The average molecular weight is 288 g/mol. The van der Waals surface area contributed by atoms with E-state index in [9.17, 15) is 0 Å². The maximum Gasteiger partial charge on any atom is 0.117 e. The first-order valence-electron chi connectivity index (χ1n) is 7.70. The molecule has 0 amide bonds. The smallest absolute Gasteiger partial charge is 0.117 e. The van der Waals surface area contributed by atoms with Gasteiger partial charge in [-0.25, -0.2) is 4.98 Å². The second-order valence-corrected chi connectivity index (χ2v) is 6.05. The number of aromatic nitrogens is 2. The van der Waals surface area contributed by atoms with Gasteiger partial charge in [0.25, 0.3) is 0 Å². The van der Waals surface area contributed by atoms with Crippen molar-refractivity contribution >= 4 is 0 Å². The van der Waals surface area contributed by atoms with Crippen LogP contribution in [0.1, 0.15) is 50.2 Å². The molecule has 114 valence electrons. The summed E-state index contributed by atoms with van der Waals surface area (Å²) >= 11 is 0. The normalized spacial score (nSPS) is 16.8. The zero-order chi connectivity index (χ0) is 14.8. The van der Waals surface area contributed by atoms with Crippen molar-refractivity contribution in [3.05, 3.63) is 42.4 Å². The minimum absolute atomic E-state index is 0.187. The van der Waals surface area contributed by atoms with E-state index in [0.717, 1.165) is 12.3 Å². The summed E-state index contributed by atoms with van der Waals surface area (Å²) in [6.45, 7) is 5.75. The van der Waals surface area contributed by atoms with E-state index in [1.165, 1.54) is 18.5 Å². The van der Waals surface area contributed by atoms with Gasteiger partial charge in [0.2, 0.25) is 0 Å². The summed E-state index contributed by atoms with van der Waals surface area (Å²) < 4.78 is 7.74. The number of hydrogen-bond acceptors (Lipinski definition) is 4. The van der Waals surface area contributed by atoms with Crippen LogP contribution in [-0.2, 0) is 6.54 Å². The lowest BCUT2D eigenvalue weighted by molar-refractivity contribution is 0.160. The van der Waals surface area contributed by atoms with Gasteiger partial charge < -0.3 is 14.7 Å². The van der Waals surface area contributed by atoms with E-state index in [4.69, 9.17) is 10.2 Å². The third kappa shape index (κ3) is 3.04. The molecule has 1 saturated carbocycles. The Bertz CT molecular complexity index is 557. The molecule has 0 aliphatic heterocycles. The van der Waals surface area contributed by atoms with Crippen LogP contribution in [0.4, 0.5) is 0 Å². The fourth-order valence-corrected chi connectivity index (χ4v) is 2.91. The summed E-state index contributed by atoms with van der Waals surface area (Å²) in [6.07, 6.45) is 8.08. The third-order valence-electron chi connectivity index (χ3n) is 4.15. The third-order valence-corrected chi connectivity index (χ3v) is 4.15. The van der Waals surface area contributed by atoms with Gasteiger partial charge in [-0.3, -0.25) is 4.90 Å². The highest BCUT2D eigenvalue weighted by Crippen LogP contribution is 2.36.